The SMILES string of the molecule is CC(C)C(O)CN(CC1CC1)CC1CC1. The van der Waals surface area contributed by atoms with E-state index in [4.69, 9.17) is 0 Å². The molecule has 0 amide bonds. The van der Waals surface area contributed by atoms with Crippen molar-refractivity contribution in [3.63, 3.8) is 0 Å². The van der Waals surface area contributed by atoms with Crippen molar-refractivity contribution < 1.29 is 5.11 Å². The van der Waals surface area contributed by atoms with Gasteiger partial charge in [-0.3, -0.25) is 0 Å². The molecule has 2 nitrogen and oxygen atoms in total. The summed E-state index contributed by atoms with van der Waals surface area (Å²) < 4.78 is 0. The Morgan fingerprint density at radius 1 is 1.07 bits per heavy atom. The smallest absolute Gasteiger partial charge is 0.0689 e. The minimum Gasteiger partial charge on any atom is -0.392 e. The first-order valence-electron chi connectivity index (χ1n) is 6.55. The van der Waals surface area contributed by atoms with Gasteiger partial charge in [-0.1, -0.05) is 13.8 Å². The molecular weight excluding hydrogens is 186 g/mol. The summed E-state index contributed by atoms with van der Waals surface area (Å²) >= 11 is 0. The predicted octanol–water partition coefficient (Wildman–Crippen LogP) is 2.13. The summed E-state index contributed by atoms with van der Waals surface area (Å²) in [7, 11) is 0. The van der Waals surface area contributed by atoms with Crippen LogP contribution in [0.4, 0.5) is 0 Å². The molecule has 0 heterocycles. The molecular formula is C13H25NO. The molecule has 2 aliphatic carbocycles. The van der Waals surface area contributed by atoms with Gasteiger partial charge in [0, 0.05) is 19.6 Å². The Morgan fingerprint density at radius 3 is 1.87 bits per heavy atom. The molecule has 2 heteroatoms. The number of rotatable bonds is 7. The van der Waals surface area contributed by atoms with E-state index in [-0.39, 0.29) is 6.10 Å². The van der Waals surface area contributed by atoms with Crippen molar-refractivity contribution in [1.29, 1.82) is 0 Å². The molecule has 2 fully saturated rings. The van der Waals surface area contributed by atoms with E-state index < -0.39 is 0 Å². The van der Waals surface area contributed by atoms with Crippen LogP contribution in [-0.4, -0.2) is 35.7 Å². The standard InChI is InChI=1S/C13H25NO/c1-10(2)13(15)9-14(7-11-3-4-11)8-12-5-6-12/h10-13,15H,3-9H2,1-2H3. The highest BCUT2D eigenvalue weighted by atomic mass is 16.3. The molecule has 0 aromatic heterocycles. The zero-order chi connectivity index (χ0) is 10.8. The first kappa shape index (κ1) is 11.4. The lowest BCUT2D eigenvalue weighted by atomic mass is 10.1. The molecule has 2 aliphatic rings. The summed E-state index contributed by atoms with van der Waals surface area (Å²) in [5, 5.41) is 9.92. The molecule has 0 aromatic carbocycles. The van der Waals surface area contributed by atoms with E-state index in [2.05, 4.69) is 18.7 Å². The Bertz CT molecular complexity index is 183. The fourth-order valence-corrected chi connectivity index (χ4v) is 2.03. The summed E-state index contributed by atoms with van der Waals surface area (Å²) in [6.07, 6.45) is 5.53. The van der Waals surface area contributed by atoms with Crippen LogP contribution in [0.2, 0.25) is 0 Å². The van der Waals surface area contributed by atoms with Gasteiger partial charge in [-0.25, -0.2) is 0 Å². The number of hydrogen-bond acceptors (Lipinski definition) is 2. The fourth-order valence-electron chi connectivity index (χ4n) is 2.03. The van der Waals surface area contributed by atoms with E-state index in [1.807, 2.05) is 0 Å². The average Bonchev–Trinajstić information content (AvgIpc) is 2.98. The van der Waals surface area contributed by atoms with E-state index in [0.29, 0.717) is 5.92 Å². The van der Waals surface area contributed by atoms with Gasteiger partial charge in [-0.15, -0.1) is 0 Å². The van der Waals surface area contributed by atoms with Crippen molar-refractivity contribution in [2.75, 3.05) is 19.6 Å². The third-order valence-electron chi connectivity index (χ3n) is 3.64. The predicted molar refractivity (Wildman–Crippen MR) is 62.7 cm³/mol. The summed E-state index contributed by atoms with van der Waals surface area (Å²) in [5.74, 6) is 2.29. The third-order valence-corrected chi connectivity index (χ3v) is 3.64. The molecule has 15 heavy (non-hydrogen) atoms. The van der Waals surface area contributed by atoms with Gasteiger partial charge in [0.1, 0.15) is 0 Å². The summed E-state index contributed by atoms with van der Waals surface area (Å²) in [6, 6.07) is 0. The number of nitrogens with zero attached hydrogens (tertiary/aromatic N) is 1. The quantitative estimate of drug-likeness (QED) is 0.697. The van der Waals surface area contributed by atoms with Crippen LogP contribution >= 0.6 is 0 Å². The van der Waals surface area contributed by atoms with Crippen LogP contribution in [0.1, 0.15) is 39.5 Å². The topological polar surface area (TPSA) is 23.5 Å². The Balaban J connectivity index is 1.74. The highest BCUT2D eigenvalue weighted by Crippen LogP contribution is 2.33. The molecule has 0 radical (unpaired) electrons. The van der Waals surface area contributed by atoms with Gasteiger partial charge in [0.15, 0.2) is 0 Å². The van der Waals surface area contributed by atoms with Crippen LogP contribution in [0, 0.1) is 17.8 Å². The molecule has 1 atom stereocenters. The molecule has 1 N–H and O–H groups in total. The average molecular weight is 211 g/mol. The van der Waals surface area contributed by atoms with Gasteiger partial charge in [0.2, 0.25) is 0 Å². The maximum absolute atomic E-state index is 9.92. The Kier molecular flexibility index (Phi) is 3.68. The molecule has 1 unspecified atom stereocenters. The second-order valence-corrected chi connectivity index (χ2v) is 5.92. The lowest BCUT2D eigenvalue weighted by molar-refractivity contribution is 0.0723. The highest BCUT2D eigenvalue weighted by molar-refractivity contribution is 4.83. The first-order valence-corrected chi connectivity index (χ1v) is 6.55. The van der Waals surface area contributed by atoms with Crippen LogP contribution in [0.15, 0.2) is 0 Å². The molecule has 88 valence electrons. The number of aliphatic hydroxyl groups excluding tert-OH is 1. The van der Waals surface area contributed by atoms with Crippen molar-refractivity contribution in [3.8, 4) is 0 Å². The molecule has 0 aliphatic heterocycles. The van der Waals surface area contributed by atoms with Crippen molar-refractivity contribution in [3.05, 3.63) is 0 Å². The van der Waals surface area contributed by atoms with E-state index in [1.54, 1.807) is 0 Å². The summed E-state index contributed by atoms with van der Waals surface area (Å²) in [4.78, 5) is 2.51. The van der Waals surface area contributed by atoms with E-state index in [9.17, 15) is 5.11 Å². The van der Waals surface area contributed by atoms with Gasteiger partial charge in [0.25, 0.3) is 0 Å². The summed E-state index contributed by atoms with van der Waals surface area (Å²) in [6.45, 7) is 7.58. The van der Waals surface area contributed by atoms with Crippen LogP contribution in [-0.2, 0) is 0 Å². The number of hydrogen-bond donors (Lipinski definition) is 1. The van der Waals surface area contributed by atoms with Crippen molar-refractivity contribution >= 4 is 0 Å². The molecule has 0 bridgehead atoms. The maximum atomic E-state index is 9.92. The van der Waals surface area contributed by atoms with Crippen molar-refractivity contribution in [2.45, 2.75) is 45.6 Å². The second kappa shape index (κ2) is 4.84. The van der Waals surface area contributed by atoms with E-state index in [0.717, 1.165) is 18.4 Å². The Labute approximate surface area is 93.7 Å². The zero-order valence-electron chi connectivity index (χ0n) is 10.2. The minimum atomic E-state index is -0.137. The first-order chi connectivity index (χ1) is 7.15. The lowest BCUT2D eigenvalue weighted by Crippen LogP contribution is -2.37. The van der Waals surface area contributed by atoms with Crippen LogP contribution < -0.4 is 0 Å². The fraction of sp³-hybridized carbons (Fsp3) is 1.00. The van der Waals surface area contributed by atoms with E-state index in [1.165, 1.54) is 38.8 Å². The maximum Gasteiger partial charge on any atom is 0.0689 e. The highest BCUT2D eigenvalue weighted by Gasteiger charge is 2.30. The Morgan fingerprint density at radius 2 is 1.53 bits per heavy atom. The van der Waals surface area contributed by atoms with Crippen LogP contribution in [0.3, 0.4) is 0 Å². The largest absolute Gasteiger partial charge is 0.392 e. The zero-order valence-corrected chi connectivity index (χ0v) is 10.2. The monoisotopic (exact) mass is 211 g/mol. The normalized spacial score (nSPS) is 23.8. The lowest BCUT2D eigenvalue weighted by Gasteiger charge is -2.26. The minimum absolute atomic E-state index is 0.137. The molecule has 2 rings (SSSR count). The van der Waals surface area contributed by atoms with E-state index >= 15 is 0 Å². The van der Waals surface area contributed by atoms with Crippen molar-refractivity contribution in [1.82, 2.24) is 4.90 Å². The van der Waals surface area contributed by atoms with Crippen LogP contribution in [0.25, 0.3) is 0 Å². The molecule has 0 saturated heterocycles. The van der Waals surface area contributed by atoms with Gasteiger partial charge in [-0.05, 0) is 43.4 Å². The summed E-state index contributed by atoms with van der Waals surface area (Å²) in [5.41, 5.74) is 0. The van der Waals surface area contributed by atoms with Gasteiger partial charge < -0.3 is 10.0 Å². The molecule has 0 aromatic rings. The molecule has 0 spiro atoms. The van der Waals surface area contributed by atoms with Gasteiger partial charge in [-0.2, -0.15) is 0 Å². The Hall–Kier alpha value is -0.0800. The van der Waals surface area contributed by atoms with Gasteiger partial charge >= 0.3 is 0 Å². The van der Waals surface area contributed by atoms with Crippen molar-refractivity contribution in [2.24, 2.45) is 17.8 Å². The number of aliphatic hydroxyl groups is 1. The third kappa shape index (κ3) is 4.12. The van der Waals surface area contributed by atoms with Crippen LogP contribution in [0.5, 0.6) is 0 Å². The van der Waals surface area contributed by atoms with Gasteiger partial charge in [0.05, 0.1) is 6.10 Å². The second-order valence-electron chi connectivity index (χ2n) is 5.92. The molecule has 2 saturated carbocycles.